The van der Waals surface area contributed by atoms with Gasteiger partial charge in [0.1, 0.15) is 11.6 Å². The first-order chi connectivity index (χ1) is 19.1. The molecule has 232 valence electrons. The van der Waals surface area contributed by atoms with E-state index >= 15 is 0 Å². The number of hydrogen-bond donors (Lipinski definition) is 2. The number of thiol groups is 1. The van der Waals surface area contributed by atoms with Crippen LogP contribution in [0.2, 0.25) is 0 Å². The molecule has 2 aromatic carbocycles. The van der Waals surface area contributed by atoms with E-state index in [4.69, 9.17) is 4.74 Å². The Kier molecular flexibility index (Phi) is 9.45. The molecule has 1 aliphatic heterocycles. The monoisotopic (exact) mass is 630 g/mol. The van der Waals surface area contributed by atoms with Gasteiger partial charge in [-0.15, -0.1) is 0 Å². The highest BCUT2D eigenvalue weighted by molar-refractivity contribution is 7.80. The van der Waals surface area contributed by atoms with Crippen molar-refractivity contribution >= 4 is 24.6 Å². The van der Waals surface area contributed by atoms with Crippen LogP contribution in [0.1, 0.15) is 49.4 Å². The van der Waals surface area contributed by atoms with Crippen molar-refractivity contribution in [2.75, 3.05) is 12.3 Å². The first-order valence-corrected chi connectivity index (χ1v) is 13.1. The van der Waals surface area contributed by atoms with E-state index in [1.807, 2.05) is 0 Å². The summed E-state index contributed by atoms with van der Waals surface area (Å²) in [6.45, 7) is 4.45. The molecular formula is C27H27F9N2O3S. The Hall–Kier alpha value is -3.10. The number of rotatable bonds is 5. The van der Waals surface area contributed by atoms with Gasteiger partial charge in [-0.1, -0.05) is 0 Å². The molecule has 1 fully saturated rings. The molecule has 15 heteroatoms. The molecule has 2 atom stereocenters. The average molecular weight is 631 g/mol. The summed E-state index contributed by atoms with van der Waals surface area (Å²) in [5.74, 6) is -0.584. The number of nitrogens with zero attached hydrogens (tertiary/aromatic N) is 1. The molecule has 5 nitrogen and oxygen atoms in total. The minimum atomic E-state index is -5.21. The third-order valence-electron chi connectivity index (χ3n) is 6.28. The van der Waals surface area contributed by atoms with Crippen molar-refractivity contribution in [1.82, 2.24) is 10.2 Å². The van der Waals surface area contributed by atoms with Gasteiger partial charge < -0.3 is 10.1 Å². The van der Waals surface area contributed by atoms with Gasteiger partial charge in [0, 0.05) is 13.1 Å². The number of ether oxygens (including phenoxy) is 1. The maximum absolute atomic E-state index is 13.7. The van der Waals surface area contributed by atoms with Gasteiger partial charge in [-0.05, 0) is 92.0 Å². The fourth-order valence-corrected chi connectivity index (χ4v) is 4.64. The van der Waals surface area contributed by atoms with E-state index < -0.39 is 76.5 Å². The second-order valence-corrected chi connectivity index (χ2v) is 11.2. The lowest BCUT2D eigenvalue weighted by Crippen LogP contribution is -2.47. The van der Waals surface area contributed by atoms with Crippen molar-refractivity contribution in [3.8, 4) is 11.1 Å². The number of alkyl halides is 9. The second-order valence-electron chi connectivity index (χ2n) is 10.9. The average Bonchev–Trinajstić information content (AvgIpc) is 3.29. The van der Waals surface area contributed by atoms with Gasteiger partial charge in [0.25, 0.3) is 0 Å². The van der Waals surface area contributed by atoms with Crippen LogP contribution >= 0.6 is 12.6 Å². The summed E-state index contributed by atoms with van der Waals surface area (Å²) in [7, 11) is 0. The molecule has 0 radical (unpaired) electrons. The summed E-state index contributed by atoms with van der Waals surface area (Å²) < 4.78 is 127. The van der Waals surface area contributed by atoms with E-state index in [-0.39, 0.29) is 30.5 Å². The van der Waals surface area contributed by atoms with Gasteiger partial charge in [-0.25, -0.2) is 4.79 Å². The first-order valence-electron chi connectivity index (χ1n) is 12.5. The maximum atomic E-state index is 13.7. The van der Waals surface area contributed by atoms with Crippen molar-refractivity contribution < 1.29 is 53.8 Å². The molecular weight excluding hydrogens is 603 g/mol. The summed E-state index contributed by atoms with van der Waals surface area (Å²) in [4.78, 5) is 26.9. The van der Waals surface area contributed by atoms with Crippen molar-refractivity contribution in [3.63, 3.8) is 0 Å². The molecule has 2 aromatic rings. The summed E-state index contributed by atoms with van der Waals surface area (Å²) in [6.07, 6.45) is -16.0. The SMILES string of the molecule is CC(C)(C)OC(=O)N1C[C@@H](CS)C[C@H]1C(=O)NCc1cc(-c2cc(C(F)(F)F)cc(C(F)(F)F)c2)cc(C(F)(F)F)c1. The highest BCUT2D eigenvalue weighted by Crippen LogP contribution is 2.40. The van der Waals surface area contributed by atoms with Crippen LogP contribution in [-0.4, -0.2) is 40.8 Å². The molecule has 0 spiro atoms. The molecule has 1 saturated heterocycles. The minimum Gasteiger partial charge on any atom is -0.444 e. The highest BCUT2D eigenvalue weighted by atomic mass is 32.1. The Bertz CT molecular complexity index is 1290. The molecule has 1 heterocycles. The standard InChI is InChI=1S/C27H27F9N2O3S/c1-24(2,3)41-23(40)38-12-15(13-42)6-21(38)22(39)37-11-14-4-16(7-18(5-14)25(28,29)30)17-8-19(26(31,32)33)10-20(9-17)27(34,35)36/h4-5,7-10,15,21,42H,6,11-13H2,1-3H3,(H,37,39)/t15-,21-/m0/s1. The minimum absolute atomic E-state index is 0.131. The Labute approximate surface area is 240 Å². The van der Waals surface area contributed by atoms with Crippen LogP contribution in [0.3, 0.4) is 0 Å². The van der Waals surface area contributed by atoms with E-state index in [0.29, 0.717) is 30.0 Å². The van der Waals surface area contributed by atoms with Gasteiger partial charge in [-0.3, -0.25) is 9.69 Å². The number of carbonyl (C=O) groups excluding carboxylic acids is 2. The Morgan fingerprint density at radius 1 is 0.833 bits per heavy atom. The smallest absolute Gasteiger partial charge is 0.416 e. The molecule has 0 saturated carbocycles. The molecule has 0 bridgehead atoms. The van der Waals surface area contributed by atoms with Crippen LogP contribution in [0, 0.1) is 5.92 Å². The molecule has 3 rings (SSSR count). The number of hydrogen-bond acceptors (Lipinski definition) is 4. The van der Waals surface area contributed by atoms with Gasteiger partial charge in [-0.2, -0.15) is 52.1 Å². The lowest BCUT2D eigenvalue weighted by Gasteiger charge is -2.28. The number of nitrogens with one attached hydrogen (secondary N) is 1. The molecule has 1 aliphatic rings. The van der Waals surface area contributed by atoms with E-state index in [1.165, 1.54) is 4.90 Å². The number of benzene rings is 2. The zero-order valence-electron chi connectivity index (χ0n) is 22.5. The third-order valence-corrected chi connectivity index (χ3v) is 6.80. The molecule has 0 aromatic heterocycles. The van der Waals surface area contributed by atoms with Crippen LogP contribution < -0.4 is 5.32 Å². The van der Waals surface area contributed by atoms with Crippen molar-refractivity contribution in [2.45, 2.75) is 63.9 Å². The Morgan fingerprint density at radius 3 is 1.76 bits per heavy atom. The zero-order valence-corrected chi connectivity index (χ0v) is 23.4. The highest BCUT2D eigenvalue weighted by Gasteiger charge is 2.41. The Balaban J connectivity index is 1.96. The van der Waals surface area contributed by atoms with Crippen LogP contribution in [0.5, 0.6) is 0 Å². The van der Waals surface area contributed by atoms with Crippen molar-refractivity contribution in [1.29, 1.82) is 0 Å². The van der Waals surface area contributed by atoms with Crippen molar-refractivity contribution in [3.05, 3.63) is 58.7 Å². The summed E-state index contributed by atoms with van der Waals surface area (Å²) in [6, 6.07) is 1.48. The lowest BCUT2D eigenvalue weighted by atomic mass is 9.95. The second kappa shape index (κ2) is 11.9. The van der Waals surface area contributed by atoms with Gasteiger partial charge >= 0.3 is 24.6 Å². The largest absolute Gasteiger partial charge is 0.444 e. The van der Waals surface area contributed by atoms with Gasteiger partial charge in [0.15, 0.2) is 0 Å². The van der Waals surface area contributed by atoms with E-state index in [1.54, 1.807) is 20.8 Å². The number of amides is 2. The predicted molar refractivity (Wildman–Crippen MR) is 137 cm³/mol. The predicted octanol–water partition coefficient (Wildman–Crippen LogP) is 7.58. The van der Waals surface area contributed by atoms with Crippen molar-refractivity contribution in [2.24, 2.45) is 5.92 Å². The zero-order chi connectivity index (χ0) is 31.8. The number of carbonyl (C=O) groups is 2. The third kappa shape index (κ3) is 8.48. The molecule has 0 unspecified atom stereocenters. The lowest BCUT2D eigenvalue weighted by molar-refractivity contribution is -0.143. The van der Waals surface area contributed by atoms with Gasteiger partial charge in [0.2, 0.25) is 5.91 Å². The fourth-order valence-electron chi connectivity index (χ4n) is 4.38. The summed E-state index contributed by atoms with van der Waals surface area (Å²) in [5, 5.41) is 2.42. The summed E-state index contributed by atoms with van der Waals surface area (Å²) in [5.41, 5.74) is -7.17. The van der Waals surface area contributed by atoms with Crippen LogP contribution in [-0.2, 0) is 34.6 Å². The summed E-state index contributed by atoms with van der Waals surface area (Å²) >= 11 is 4.21. The molecule has 1 N–H and O–H groups in total. The van der Waals surface area contributed by atoms with E-state index in [9.17, 15) is 49.1 Å². The maximum Gasteiger partial charge on any atom is 0.416 e. The number of halogens is 9. The topological polar surface area (TPSA) is 58.6 Å². The van der Waals surface area contributed by atoms with Gasteiger partial charge in [0.05, 0.1) is 16.7 Å². The molecule has 42 heavy (non-hydrogen) atoms. The fraction of sp³-hybridized carbons (Fsp3) is 0.481. The number of likely N-dealkylation sites (tertiary alicyclic amines) is 1. The van der Waals surface area contributed by atoms with E-state index in [0.717, 1.165) is 6.07 Å². The quantitative estimate of drug-likeness (QED) is 0.265. The normalized spacial score (nSPS) is 18.3. The Morgan fingerprint density at radius 2 is 1.31 bits per heavy atom. The van der Waals surface area contributed by atoms with E-state index in [2.05, 4.69) is 17.9 Å². The van der Waals surface area contributed by atoms with Crippen LogP contribution in [0.4, 0.5) is 44.3 Å². The molecule has 2 amide bonds. The molecule has 0 aliphatic carbocycles. The van der Waals surface area contributed by atoms with Crippen LogP contribution in [0.15, 0.2) is 36.4 Å². The van der Waals surface area contributed by atoms with Crippen LogP contribution in [0.25, 0.3) is 11.1 Å². The first kappa shape index (κ1) is 33.4.